The van der Waals surface area contributed by atoms with Crippen molar-refractivity contribution in [2.45, 2.75) is 64.5 Å². The van der Waals surface area contributed by atoms with Crippen LogP contribution in [0.3, 0.4) is 0 Å². The van der Waals surface area contributed by atoms with Crippen molar-refractivity contribution in [2.75, 3.05) is 31.1 Å². The average Bonchev–Trinajstić information content (AvgIpc) is 3.19. The minimum absolute atomic E-state index is 0. The number of nitrogens with zero attached hydrogens (tertiary/aromatic N) is 2. The molecule has 4 rings (SSSR count). The Labute approximate surface area is 194 Å². The van der Waals surface area contributed by atoms with Gasteiger partial charge in [0.15, 0.2) is 0 Å². The topological polar surface area (TPSA) is 3.24 Å². The van der Waals surface area contributed by atoms with E-state index in [1.165, 1.54) is 74.9 Å². The van der Waals surface area contributed by atoms with Crippen LogP contribution in [0.5, 0.6) is 0 Å². The van der Waals surface area contributed by atoms with Crippen LogP contribution >= 0.6 is 0 Å². The minimum atomic E-state index is 0. The zero-order chi connectivity index (χ0) is 19.4. The van der Waals surface area contributed by atoms with E-state index < -0.39 is 0 Å². The van der Waals surface area contributed by atoms with Crippen LogP contribution in [0.1, 0.15) is 50.7 Å². The number of halogens is 1. The standard InChI is InChI=1S/C26H37N2.HI/c1-3-28(4-2)19-11-10-16-26(28)17-18-27(24-14-6-5-7-15-24)25-20-22-12-8-9-13-23(22)21-25;/h5-9,12-15,25-26H,3-4,10-11,16-21H2,1-2H3;1H/q+1;/p-1/t26-;/m0./s1. The summed E-state index contributed by atoms with van der Waals surface area (Å²) in [6.07, 6.45) is 7.95. The summed E-state index contributed by atoms with van der Waals surface area (Å²) in [5, 5.41) is 0. The van der Waals surface area contributed by atoms with E-state index in [2.05, 4.69) is 73.3 Å². The monoisotopic (exact) mass is 504 g/mol. The summed E-state index contributed by atoms with van der Waals surface area (Å²) in [4.78, 5) is 2.73. The van der Waals surface area contributed by atoms with Crippen LogP contribution in [0.2, 0.25) is 0 Å². The molecule has 0 bridgehead atoms. The predicted octanol–water partition coefficient (Wildman–Crippen LogP) is 2.46. The van der Waals surface area contributed by atoms with Crippen molar-refractivity contribution in [1.82, 2.24) is 0 Å². The highest BCUT2D eigenvalue weighted by atomic mass is 127. The van der Waals surface area contributed by atoms with Gasteiger partial charge in [0.25, 0.3) is 0 Å². The Balaban J connectivity index is 0.00000240. The summed E-state index contributed by atoms with van der Waals surface area (Å²) in [6.45, 7) is 9.97. The molecule has 0 aromatic heterocycles. The Kier molecular flexibility index (Phi) is 8.03. The second kappa shape index (κ2) is 10.3. The summed E-state index contributed by atoms with van der Waals surface area (Å²) in [5.74, 6) is 0. The molecule has 0 spiro atoms. The van der Waals surface area contributed by atoms with Crippen LogP contribution in [0, 0.1) is 0 Å². The molecule has 0 radical (unpaired) electrons. The smallest absolute Gasteiger partial charge is 0.0907 e. The molecule has 0 unspecified atom stereocenters. The summed E-state index contributed by atoms with van der Waals surface area (Å²) < 4.78 is 1.34. The molecule has 1 aliphatic carbocycles. The number of anilines is 1. The van der Waals surface area contributed by atoms with E-state index >= 15 is 0 Å². The van der Waals surface area contributed by atoms with Crippen LogP contribution in [0.25, 0.3) is 0 Å². The van der Waals surface area contributed by atoms with E-state index in [1.54, 1.807) is 11.1 Å². The normalized spacial score (nSPS) is 20.7. The SMILES string of the molecule is CC[N+]1(CC)CCCC[C@H]1CCN(c1ccccc1)C1Cc2ccccc2C1.[I-]. The minimum Gasteiger partial charge on any atom is -1.00 e. The maximum absolute atomic E-state index is 2.73. The molecule has 1 atom stereocenters. The molecule has 2 nitrogen and oxygen atoms in total. The average molecular weight is 505 g/mol. The molecule has 0 saturated carbocycles. The Hall–Kier alpha value is -1.07. The Bertz CT molecular complexity index is 731. The lowest BCUT2D eigenvalue weighted by Crippen LogP contribution is -3.00. The highest BCUT2D eigenvalue weighted by molar-refractivity contribution is 5.49. The zero-order valence-corrected chi connectivity index (χ0v) is 20.4. The highest BCUT2D eigenvalue weighted by Gasteiger charge is 2.37. The van der Waals surface area contributed by atoms with Gasteiger partial charge in [-0.15, -0.1) is 0 Å². The lowest BCUT2D eigenvalue weighted by molar-refractivity contribution is -0.953. The number of rotatable bonds is 7. The Morgan fingerprint density at radius 1 is 0.862 bits per heavy atom. The number of quaternary nitrogens is 1. The number of hydrogen-bond donors (Lipinski definition) is 0. The van der Waals surface area contributed by atoms with Crippen molar-refractivity contribution in [3.63, 3.8) is 0 Å². The van der Waals surface area contributed by atoms with Gasteiger partial charge in [-0.05, 0) is 69.2 Å². The molecule has 3 heteroatoms. The summed E-state index contributed by atoms with van der Waals surface area (Å²) in [6, 6.07) is 21.7. The largest absolute Gasteiger partial charge is 1.00 e. The highest BCUT2D eigenvalue weighted by Crippen LogP contribution is 2.32. The second-order valence-corrected chi connectivity index (χ2v) is 8.87. The van der Waals surface area contributed by atoms with E-state index in [-0.39, 0.29) is 24.0 Å². The second-order valence-electron chi connectivity index (χ2n) is 8.87. The quantitative estimate of drug-likeness (QED) is 0.414. The Morgan fingerprint density at radius 2 is 1.48 bits per heavy atom. The van der Waals surface area contributed by atoms with Crippen LogP contribution in [0.4, 0.5) is 5.69 Å². The van der Waals surface area contributed by atoms with E-state index in [0.717, 1.165) is 6.04 Å². The number of hydrogen-bond acceptors (Lipinski definition) is 1. The van der Waals surface area contributed by atoms with E-state index in [0.29, 0.717) is 6.04 Å². The molecule has 1 aliphatic heterocycles. The summed E-state index contributed by atoms with van der Waals surface area (Å²) in [7, 11) is 0. The number of fused-ring (bicyclic) bond motifs is 1. The Morgan fingerprint density at radius 3 is 2.10 bits per heavy atom. The van der Waals surface area contributed by atoms with Crippen molar-refractivity contribution < 1.29 is 28.5 Å². The van der Waals surface area contributed by atoms with Crippen molar-refractivity contribution in [1.29, 1.82) is 0 Å². The molecule has 0 N–H and O–H groups in total. The number of likely N-dealkylation sites (tertiary alicyclic amines) is 1. The molecule has 1 saturated heterocycles. The molecule has 2 aliphatic rings. The van der Waals surface area contributed by atoms with E-state index in [9.17, 15) is 0 Å². The fourth-order valence-corrected chi connectivity index (χ4v) is 5.92. The van der Waals surface area contributed by atoms with Gasteiger partial charge < -0.3 is 33.4 Å². The number of benzene rings is 2. The first kappa shape index (κ1) is 22.6. The summed E-state index contributed by atoms with van der Waals surface area (Å²) >= 11 is 0. The third-order valence-corrected chi connectivity index (χ3v) is 7.69. The van der Waals surface area contributed by atoms with E-state index in [1.807, 2.05) is 0 Å². The van der Waals surface area contributed by atoms with Gasteiger partial charge in [0.1, 0.15) is 0 Å². The van der Waals surface area contributed by atoms with Gasteiger partial charge in [0.2, 0.25) is 0 Å². The molecular formula is C26H37IN2. The lowest BCUT2D eigenvalue weighted by atomic mass is 9.94. The van der Waals surface area contributed by atoms with Crippen molar-refractivity contribution in [2.24, 2.45) is 0 Å². The molecular weight excluding hydrogens is 467 g/mol. The maximum Gasteiger partial charge on any atom is 0.0907 e. The van der Waals surface area contributed by atoms with Gasteiger partial charge in [0, 0.05) is 24.7 Å². The molecule has 2 aromatic rings. The van der Waals surface area contributed by atoms with Gasteiger partial charge in [-0.25, -0.2) is 0 Å². The predicted molar refractivity (Wildman–Crippen MR) is 120 cm³/mol. The number of piperidine rings is 1. The summed E-state index contributed by atoms with van der Waals surface area (Å²) in [5.41, 5.74) is 4.51. The van der Waals surface area contributed by atoms with E-state index in [4.69, 9.17) is 0 Å². The molecule has 158 valence electrons. The first-order valence-electron chi connectivity index (χ1n) is 11.5. The zero-order valence-electron chi connectivity index (χ0n) is 18.2. The molecule has 0 amide bonds. The fraction of sp³-hybridized carbons (Fsp3) is 0.538. The first-order valence-corrected chi connectivity index (χ1v) is 11.5. The molecule has 29 heavy (non-hydrogen) atoms. The van der Waals surface area contributed by atoms with Crippen LogP contribution in [-0.4, -0.2) is 42.7 Å². The molecule has 1 heterocycles. The van der Waals surface area contributed by atoms with Gasteiger partial charge >= 0.3 is 0 Å². The van der Waals surface area contributed by atoms with Crippen molar-refractivity contribution in [3.8, 4) is 0 Å². The molecule has 2 aromatic carbocycles. The third-order valence-electron chi connectivity index (χ3n) is 7.69. The first-order chi connectivity index (χ1) is 13.8. The maximum atomic E-state index is 2.73. The van der Waals surface area contributed by atoms with Crippen molar-refractivity contribution in [3.05, 3.63) is 65.7 Å². The van der Waals surface area contributed by atoms with Gasteiger partial charge in [0.05, 0.1) is 25.7 Å². The van der Waals surface area contributed by atoms with Gasteiger partial charge in [-0.1, -0.05) is 42.5 Å². The number of para-hydroxylation sites is 1. The van der Waals surface area contributed by atoms with Crippen LogP contribution in [0.15, 0.2) is 54.6 Å². The van der Waals surface area contributed by atoms with Crippen LogP contribution < -0.4 is 28.9 Å². The van der Waals surface area contributed by atoms with Gasteiger partial charge in [-0.3, -0.25) is 0 Å². The van der Waals surface area contributed by atoms with Gasteiger partial charge in [-0.2, -0.15) is 0 Å². The van der Waals surface area contributed by atoms with Crippen LogP contribution in [-0.2, 0) is 12.8 Å². The third kappa shape index (κ3) is 4.82. The van der Waals surface area contributed by atoms with Crippen molar-refractivity contribution >= 4 is 5.69 Å². The lowest BCUT2D eigenvalue weighted by Gasteiger charge is -2.47. The fourth-order valence-electron chi connectivity index (χ4n) is 5.92. The molecule has 1 fully saturated rings.